The van der Waals surface area contributed by atoms with E-state index in [0.717, 1.165) is 13.0 Å². The van der Waals surface area contributed by atoms with Gasteiger partial charge in [0, 0.05) is 39.1 Å². The highest BCUT2D eigenvalue weighted by Gasteiger charge is 2.00. The second kappa shape index (κ2) is 8.72. The first-order valence-corrected chi connectivity index (χ1v) is 6.37. The molecular weight excluding hydrogens is 230 g/mol. The molecule has 0 radical (unpaired) electrons. The molecule has 0 fully saturated rings. The van der Waals surface area contributed by atoms with E-state index in [1.165, 1.54) is 5.56 Å². The molecule has 0 spiro atoms. The Kier molecular flexibility index (Phi) is 7.13. The van der Waals surface area contributed by atoms with Gasteiger partial charge in [0.1, 0.15) is 0 Å². The molecule has 0 saturated carbocycles. The van der Waals surface area contributed by atoms with Gasteiger partial charge in [-0.25, -0.2) is 0 Å². The number of hydrogen-bond acceptors (Lipinski definition) is 3. The molecule has 0 aliphatic rings. The Bertz CT molecular complexity index is 350. The lowest BCUT2D eigenvalue weighted by atomic mass is 10.3. The maximum atomic E-state index is 11.4. The Morgan fingerprint density at radius 1 is 1.50 bits per heavy atom. The number of hydrogen-bond donors (Lipinski definition) is 2. The van der Waals surface area contributed by atoms with E-state index < -0.39 is 0 Å². The van der Waals surface area contributed by atoms with Gasteiger partial charge in [-0.3, -0.25) is 4.79 Å². The second-order valence-electron chi connectivity index (χ2n) is 4.20. The molecule has 0 unspecified atom stereocenters. The lowest BCUT2D eigenvalue weighted by Crippen LogP contribution is -2.35. The predicted molar refractivity (Wildman–Crippen MR) is 71.3 cm³/mol. The number of ether oxygens (including phenoxy) is 1. The fourth-order valence-corrected chi connectivity index (χ4v) is 1.67. The minimum Gasteiger partial charge on any atom is -0.383 e. The van der Waals surface area contributed by atoms with Gasteiger partial charge in [0.25, 0.3) is 0 Å². The maximum Gasteiger partial charge on any atom is 0.234 e. The van der Waals surface area contributed by atoms with Crippen LogP contribution in [0.15, 0.2) is 18.5 Å². The first-order valence-electron chi connectivity index (χ1n) is 6.37. The average Bonchev–Trinajstić information content (AvgIpc) is 2.78. The van der Waals surface area contributed by atoms with Crippen LogP contribution in [0.2, 0.25) is 0 Å². The van der Waals surface area contributed by atoms with Crippen LogP contribution >= 0.6 is 0 Å². The van der Waals surface area contributed by atoms with Crippen LogP contribution in [0.5, 0.6) is 0 Å². The molecule has 2 N–H and O–H groups in total. The molecule has 1 amide bonds. The molecule has 18 heavy (non-hydrogen) atoms. The highest BCUT2D eigenvalue weighted by molar-refractivity contribution is 5.77. The first-order chi connectivity index (χ1) is 8.76. The van der Waals surface area contributed by atoms with E-state index in [1.54, 1.807) is 7.11 Å². The van der Waals surface area contributed by atoms with Crippen molar-refractivity contribution < 1.29 is 9.53 Å². The van der Waals surface area contributed by atoms with E-state index >= 15 is 0 Å². The summed E-state index contributed by atoms with van der Waals surface area (Å²) in [5.74, 6) is 0.0000378. The summed E-state index contributed by atoms with van der Waals surface area (Å²) >= 11 is 0. The molecule has 0 atom stereocenters. The van der Waals surface area contributed by atoms with E-state index in [9.17, 15) is 4.79 Å². The third kappa shape index (κ3) is 5.84. The lowest BCUT2D eigenvalue weighted by molar-refractivity contribution is -0.120. The van der Waals surface area contributed by atoms with Crippen LogP contribution in [0.25, 0.3) is 0 Å². The Morgan fingerprint density at radius 2 is 2.33 bits per heavy atom. The molecule has 1 aromatic rings. The van der Waals surface area contributed by atoms with Crippen molar-refractivity contribution >= 4 is 5.91 Å². The Labute approximate surface area is 109 Å². The summed E-state index contributed by atoms with van der Waals surface area (Å²) < 4.78 is 7.02. The summed E-state index contributed by atoms with van der Waals surface area (Å²) in [7, 11) is 1.62. The molecule has 5 heteroatoms. The number of methoxy groups -OCH3 is 1. The summed E-state index contributed by atoms with van der Waals surface area (Å²) in [6, 6.07) is 2.07. The molecule has 0 aliphatic carbocycles. The van der Waals surface area contributed by atoms with Gasteiger partial charge in [0.2, 0.25) is 5.91 Å². The number of aryl methyl sites for hydroxylation is 1. The van der Waals surface area contributed by atoms with Crippen molar-refractivity contribution in [2.24, 2.45) is 0 Å². The maximum absolute atomic E-state index is 11.4. The van der Waals surface area contributed by atoms with Gasteiger partial charge in [-0.15, -0.1) is 0 Å². The molecular formula is C13H23N3O2. The van der Waals surface area contributed by atoms with Crippen LogP contribution in [-0.2, 0) is 22.6 Å². The minimum atomic E-state index is 0.0000378. The molecule has 0 aliphatic heterocycles. The summed E-state index contributed by atoms with van der Waals surface area (Å²) in [5, 5.41) is 5.88. The normalized spacial score (nSPS) is 10.6. The molecule has 5 nitrogen and oxygen atoms in total. The van der Waals surface area contributed by atoms with Gasteiger partial charge < -0.3 is 19.9 Å². The van der Waals surface area contributed by atoms with Crippen molar-refractivity contribution in [3.63, 3.8) is 0 Å². The van der Waals surface area contributed by atoms with E-state index in [2.05, 4.69) is 40.6 Å². The van der Waals surface area contributed by atoms with Crippen LogP contribution in [-0.4, -0.2) is 37.3 Å². The molecule has 0 saturated heterocycles. The SMILES string of the molecule is CCCn1ccc(CNCC(=O)NCCOC)c1. The molecule has 1 rings (SSSR count). The summed E-state index contributed by atoms with van der Waals surface area (Å²) in [5.41, 5.74) is 1.20. The van der Waals surface area contributed by atoms with Gasteiger partial charge in [0.05, 0.1) is 13.2 Å². The number of carbonyl (C=O) groups is 1. The zero-order chi connectivity index (χ0) is 13.2. The summed E-state index contributed by atoms with van der Waals surface area (Å²) in [4.78, 5) is 11.4. The van der Waals surface area contributed by atoms with E-state index in [0.29, 0.717) is 26.2 Å². The zero-order valence-electron chi connectivity index (χ0n) is 11.2. The average molecular weight is 253 g/mol. The smallest absolute Gasteiger partial charge is 0.234 e. The largest absolute Gasteiger partial charge is 0.383 e. The third-order valence-electron chi connectivity index (χ3n) is 2.54. The number of rotatable bonds is 9. The van der Waals surface area contributed by atoms with Crippen molar-refractivity contribution in [2.45, 2.75) is 26.4 Å². The van der Waals surface area contributed by atoms with Crippen molar-refractivity contribution in [1.82, 2.24) is 15.2 Å². The van der Waals surface area contributed by atoms with Crippen LogP contribution in [0, 0.1) is 0 Å². The van der Waals surface area contributed by atoms with E-state index in [-0.39, 0.29) is 5.91 Å². The monoisotopic (exact) mass is 253 g/mol. The van der Waals surface area contributed by atoms with Gasteiger partial charge in [-0.1, -0.05) is 6.92 Å². The fraction of sp³-hybridized carbons (Fsp3) is 0.615. The van der Waals surface area contributed by atoms with Gasteiger partial charge in [0.15, 0.2) is 0 Å². The number of aromatic nitrogens is 1. The van der Waals surface area contributed by atoms with Gasteiger partial charge in [-0.05, 0) is 18.1 Å². The summed E-state index contributed by atoms with van der Waals surface area (Å²) in [6.07, 6.45) is 5.31. The highest BCUT2D eigenvalue weighted by atomic mass is 16.5. The van der Waals surface area contributed by atoms with Crippen LogP contribution in [0.3, 0.4) is 0 Å². The number of amides is 1. The lowest BCUT2D eigenvalue weighted by Gasteiger charge is -2.05. The molecule has 1 heterocycles. The van der Waals surface area contributed by atoms with Gasteiger partial charge >= 0.3 is 0 Å². The Morgan fingerprint density at radius 3 is 3.06 bits per heavy atom. The van der Waals surface area contributed by atoms with Crippen molar-refractivity contribution in [2.75, 3.05) is 26.8 Å². The van der Waals surface area contributed by atoms with E-state index in [1.807, 2.05) is 0 Å². The van der Waals surface area contributed by atoms with Crippen molar-refractivity contribution in [3.05, 3.63) is 24.0 Å². The number of nitrogens with zero attached hydrogens (tertiary/aromatic N) is 1. The van der Waals surface area contributed by atoms with Crippen LogP contribution < -0.4 is 10.6 Å². The molecule has 1 aromatic heterocycles. The number of carbonyl (C=O) groups excluding carboxylic acids is 1. The highest BCUT2D eigenvalue weighted by Crippen LogP contribution is 2.01. The second-order valence-corrected chi connectivity index (χ2v) is 4.20. The minimum absolute atomic E-state index is 0.0000378. The quantitative estimate of drug-likeness (QED) is 0.639. The van der Waals surface area contributed by atoms with Crippen molar-refractivity contribution in [1.29, 1.82) is 0 Å². The molecule has 0 aromatic carbocycles. The predicted octanol–water partition coefficient (Wildman–Crippen LogP) is 0.750. The number of nitrogens with one attached hydrogen (secondary N) is 2. The molecule has 0 bridgehead atoms. The topological polar surface area (TPSA) is 55.3 Å². The van der Waals surface area contributed by atoms with Gasteiger partial charge in [-0.2, -0.15) is 0 Å². The van der Waals surface area contributed by atoms with Crippen LogP contribution in [0.4, 0.5) is 0 Å². The zero-order valence-corrected chi connectivity index (χ0v) is 11.2. The third-order valence-corrected chi connectivity index (χ3v) is 2.54. The van der Waals surface area contributed by atoms with Crippen molar-refractivity contribution in [3.8, 4) is 0 Å². The fourth-order valence-electron chi connectivity index (χ4n) is 1.67. The standard InChI is InChI=1S/C13H23N3O2/c1-3-6-16-7-4-12(11-16)9-14-10-13(17)15-5-8-18-2/h4,7,11,14H,3,5-6,8-10H2,1-2H3,(H,15,17). The molecule has 102 valence electrons. The van der Waals surface area contributed by atoms with Crippen LogP contribution in [0.1, 0.15) is 18.9 Å². The first kappa shape index (κ1) is 14.7. The van der Waals surface area contributed by atoms with E-state index in [4.69, 9.17) is 4.74 Å². The Balaban J connectivity index is 2.14. The summed E-state index contributed by atoms with van der Waals surface area (Å²) in [6.45, 7) is 5.35. The Hall–Kier alpha value is -1.33.